The number of carbonyl (C=O) groups is 1. The van der Waals surface area contributed by atoms with E-state index in [1.807, 2.05) is 26.0 Å². The average Bonchev–Trinajstić information content (AvgIpc) is 2.32. The molecule has 0 bridgehead atoms. The van der Waals surface area contributed by atoms with E-state index in [2.05, 4.69) is 29.5 Å². The average molecular weight is 261 g/mol. The summed E-state index contributed by atoms with van der Waals surface area (Å²) in [6.07, 6.45) is 2.20. The molecule has 1 amide bonds. The van der Waals surface area contributed by atoms with Crippen LogP contribution >= 0.6 is 0 Å². The van der Waals surface area contributed by atoms with Crippen LogP contribution in [0.1, 0.15) is 38.1 Å². The van der Waals surface area contributed by atoms with Crippen molar-refractivity contribution >= 4 is 11.6 Å². The van der Waals surface area contributed by atoms with Crippen LogP contribution in [0.3, 0.4) is 0 Å². The van der Waals surface area contributed by atoms with Crippen molar-refractivity contribution in [2.45, 2.75) is 46.6 Å². The molecule has 2 rings (SSSR count). The molecule has 0 saturated carbocycles. The molecule has 4 heteroatoms. The Bertz CT molecular complexity index is 482. The Balaban J connectivity index is 2.12. The van der Waals surface area contributed by atoms with E-state index in [0.717, 1.165) is 36.5 Å². The Labute approximate surface area is 115 Å². The van der Waals surface area contributed by atoms with Gasteiger partial charge in [0.15, 0.2) is 0 Å². The highest BCUT2D eigenvalue weighted by atomic mass is 16.2. The molecular formula is C15H23N3O. The van der Waals surface area contributed by atoms with Gasteiger partial charge < -0.3 is 10.6 Å². The molecule has 1 aliphatic heterocycles. The van der Waals surface area contributed by atoms with Crippen molar-refractivity contribution in [2.24, 2.45) is 5.41 Å². The minimum absolute atomic E-state index is 0.00559. The quantitative estimate of drug-likeness (QED) is 0.859. The Hall–Kier alpha value is -1.42. The van der Waals surface area contributed by atoms with Crippen molar-refractivity contribution < 1.29 is 4.79 Å². The number of aromatic nitrogens is 1. The number of nitrogens with one attached hydrogen (secondary N) is 2. The third-order valence-corrected chi connectivity index (χ3v) is 3.87. The predicted molar refractivity (Wildman–Crippen MR) is 77.1 cm³/mol. The lowest BCUT2D eigenvalue weighted by molar-refractivity contribution is -0.121. The molecule has 1 aromatic heterocycles. The Morgan fingerprint density at radius 3 is 2.79 bits per heavy atom. The summed E-state index contributed by atoms with van der Waals surface area (Å²) in [6, 6.07) is 3.70. The summed E-state index contributed by atoms with van der Waals surface area (Å²) in [5, 5.41) is 6.33. The van der Waals surface area contributed by atoms with Gasteiger partial charge in [0, 0.05) is 5.69 Å². The largest absolute Gasteiger partial charge is 0.323 e. The first-order chi connectivity index (χ1) is 8.90. The number of amides is 1. The maximum absolute atomic E-state index is 12.4. The van der Waals surface area contributed by atoms with Crippen LogP contribution in [0.2, 0.25) is 0 Å². The molecular weight excluding hydrogens is 238 g/mol. The highest BCUT2D eigenvalue weighted by Crippen LogP contribution is 2.30. The van der Waals surface area contributed by atoms with Crippen molar-refractivity contribution in [1.82, 2.24) is 10.3 Å². The third kappa shape index (κ3) is 3.13. The Morgan fingerprint density at radius 1 is 1.42 bits per heavy atom. The zero-order valence-corrected chi connectivity index (χ0v) is 12.2. The number of hydrogen-bond donors (Lipinski definition) is 2. The monoisotopic (exact) mass is 261 g/mol. The van der Waals surface area contributed by atoms with Crippen molar-refractivity contribution in [2.75, 3.05) is 11.9 Å². The minimum Gasteiger partial charge on any atom is -0.323 e. The summed E-state index contributed by atoms with van der Waals surface area (Å²) in [7, 11) is 0. The van der Waals surface area contributed by atoms with Crippen LogP contribution in [0, 0.1) is 19.3 Å². The lowest BCUT2D eigenvalue weighted by atomic mass is 9.77. The zero-order chi connectivity index (χ0) is 14.0. The van der Waals surface area contributed by atoms with Gasteiger partial charge in [-0.3, -0.25) is 9.78 Å². The summed E-state index contributed by atoms with van der Waals surface area (Å²) in [4.78, 5) is 16.8. The third-order valence-electron chi connectivity index (χ3n) is 3.87. The minimum atomic E-state index is -0.137. The first kappa shape index (κ1) is 14.0. The first-order valence-corrected chi connectivity index (χ1v) is 6.89. The van der Waals surface area contributed by atoms with Crippen LogP contribution in [0.25, 0.3) is 0 Å². The number of rotatable bonds is 2. The van der Waals surface area contributed by atoms with Gasteiger partial charge in [0.1, 0.15) is 0 Å². The fourth-order valence-corrected chi connectivity index (χ4v) is 2.68. The van der Waals surface area contributed by atoms with Crippen LogP contribution in [0.5, 0.6) is 0 Å². The summed E-state index contributed by atoms with van der Waals surface area (Å²) >= 11 is 0. The van der Waals surface area contributed by atoms with Gasteiger partial charge in [-0.1, -0.05) is 13.8 Å². The van der Waals surface area contributed by atoms with Crippen molar-refractivity contribution in [1.29, 1.82) is 0 Å². The summed E-state index contributed by atoms with van der Waals surface area (Å²) < 4.78 is 0. The van der Waals surface area contributed by atoms with Gasteiger partial charge >= 0.3 is 0 Å². The van der Waals surface area contributed by atoms with Crippen LogP contribution in [0.4, 0.5) is 5.69 Å². The van der Waals surface area contributed by atoms with Gasteiger partial charge in [0.25, 0.3) is 0 Å². The second kappa shape index (κ2) is 5.29. The zero-order valence-electron chi connectivity index (χ0n) is 12.2. The Kier molecular flexibility index (Phi) is 3.90. The molecule has 1 aromatic rings. The number of anilines is 1. The van der Waals surface area contributed by atoms with Gasteiger partial charge in [-0.25, -0.2) is 0 Å². The molecule has 104 valence electrons. The number of aryl methyl sites for hydroxylation is 2. The van der Waals surface area contributed by atoms with Gasteiger partial charge in [0.2, 0.25) is 5.91 Å². The normalized spacial score (nSPS) is 22.0. The van der Waals surface area contributed by atoms with Gasteiger partial charge in [-0.2, -0.15) is 0 Å². The Morgan fingerprint density at radius 2 is 2.16 bits per heavy atom. The molecule has 19 heavy (non-hydrogen) atoms. The van der Waals surface area contributed by atoms with Crippen molar-refractivity contribution in [3.63, 3.8) is 0 Å². The van der Waals surface area contributed by atoms with E-state index in [1.165, 1.54) is 0 Å². The second-order valence-electron chi connectivity index (χ2n) is 6.05. The number of carbonyl (C=O) groups excluding carboxylic acids is 1. The van der Waals surface area contributed by atoms with E-state index in [0.29, 0.717) is 0 Å². The number of nitrogens with zero attached hydrogens (tertiary/aromatic N) is 1. The van der Waals surface area contributed by atoms with Gasteiger partial charge in [-0.05, 0) is 50.8 Å². The molecule has 0 spiro atoms. The molecule has 1 atom stereocenters. The summed E-state index contributed by atoms with van der Waals surface area (Å²) in [5.41, 5.74) is 2.63. The molecule has 1 unspecified atom stereocenters. The molecule has 1 aliphatic rings. The van der Waals surface area contributed by atoms with E-state index in [1.54, 1.807) is 0 Å². The van der Waals surface area contributed by atoms with E-state index >= 15 is 0 Å². The standard InChI is InChI=1S/C15H23N3O/c1-10-6-7-12(11(2)17-10)18-14(19)13-15(3,4)8-5-9-16-13/h6-7,13,16H,5,8-9H2,1-4H3,(H,18,19). The van der Waals surface area contributed by atoms with Crippen molar-refractivity contribution in [3.05, 3.63) is 23.5 Å². The lowest BCUT2D eigenvalue weighted by Gasteiger charge is -2.38. The van der Waals surface area contributed by atoms with E-state index in [-0.39, 0.29) is 17.4 Å². The van der Waals surface area contributed by atoms with Crippen LogP contribution in [-0.2, 0) is 4.79 Å². The van der Waals surface area contributed by atoms with Crippen LogP contribution in [0.15, 0.2) is 12.1 Å². The molecule has 2 heterocycles. The van der Waals surface area contributed by atoms with E-state index in [4.69, 9.17) is 0 Å². The van der Waals surface area contributed by atoms with Crippen LogP contribution < -0.4 is 10.6 Å². The molecule has 0 radical (unpaired) electrons. The first-order valence-electron chi connectivity index (χ1n) is 6.89. The molecule has 4 nitrogen and oxygen atoms in total. The molecule has 0 aliphatic carbocycles. The number of hydrogen-bond acceptors (Lipinski definition) is 3. The predicted octanol–water partition coefficient (Wildman–Crippen LogP) is 2.42. The SMILES string of the molecule is Cc1ccc(NC(=O)C2NCCCC2(C)C)c(C)n1. The topological polar surface area (TPSA) is 54.0 Å². The molecule has 2 N–H and O–H groups in total. The number of pyridine rings is 1. The van der Waals surface area contributed by atoms with Gasteiger partial charge in [-0.15, -0.1) is 0 Å². The second-order valence-corrected chi connectivity index (χ2v) is 6.05. The highest BCUT2D eigenvalue weighted by molar-refractivity contribution is 5.95. The van der Waals surface area contributed by atoms with Gasteiger partial charge in [0.05, 0.1) is 17.4 Å². The molecule has 1 fully saturated rings. The summed E-state index contributed by atoms with van der Waals surface area (Å²) in [6.45, 7) is 9.06. The maximum atomic E-state index is 12.4. The number of piperidine rings is 1. The molecule has 1 saturated heterocycles. The van der Waals surface area contributed by atoms with Crippen molar-refractivity contribution in [3.8, 4) is 0 Å². The summed E-state index contributed by atoms with van der Waals surface area (Å²) in [5.74, 6) is 0.0402. The van der Waals surface area contributed by atoms with E-state index < -0.39 is 0 Å². The molecule has 0 aromatic carbocycles. The fraction of sp³-hybridized carbons (Fsp3) is 0.600. The maximum Gasteiger partial charge on any atom is 0.242 e. The smallest absolute Gasteiger partial charge is 0.242 e. The van der Waals surface area contributed by atoms with Crippen LogP contribution in [-0.4, -0.2) is 23.5 Å². The highest BCUT2D eigenvalue weighted by Gasteiger charge is 2.37. The van der Waals surface area contributed by atoms with E-state index in [9.17, 15) is 4.79 Å². The lowest BCUT2D eigenvalue weighted by Crippen LogP contribution is -2.53. The fourth-order valence-electron chi connectivity index (χ4n) is 2.68.